The Hall–Kier alpha value is -2.05. The molecule has 0 aromatic heterocycles. The molecule has 23 heavy (non-hydrogen) atoms. The molecule has 7 heteroatoms. The number of hydrogen-bond donors (Lipinski definition) is 2. The predicted octanol–water partition coefficient (Wildman–Crippen LogP) is 1.32. The molecule has 2 N–H and O–H groups in total. The summed E-state index contributed by atoms with van der Waals surface area (Å²) in [6.45, 7) is 8.76. The minimum Gasteiger partial charge on any atom is -0.338 e. The van der Waals surface area contributed by atoms with Gasteiger partial charge in [0.05, 0.1) is 6.54 Å². The van der Waals surface area contributed by atoms with Crippen molar-refractivity contribution in [3.05, 3.63) is 11.6 Å². The third-order valence-electron chi connectivity index (χ3n) is 4.23. The van der Waals surface area contributed by atoms with Gasteiger partial charge in [0.1, 0.15) is 0 Å². The second-order valence-corrected chi connectivity index (χ2v) is 6.96. The molecule has 0 saturated carbocycles. The summed E-state index contributed by atoms with van der Waals surface area (Å²) < 4.78 is 0. The zero-order valence-electron chi connectivity index (χ0n) is 14.1. The Balaban J connectivity index is 1.69. The molecule has 0 spiro atoms. The van der Waals surface area contributed by atoms with E-state index >= 15 is 0 Å². The fourth-order valence-electron chi connectivity index (χ4n) is 2.76. The highest BCUT2D eigenvalue weighted by atomic mass is 16.2. The van der Waals surface area contributed by atoms with Gasteiger partial charge in [-0.3, -0.25) is 9.69 Å². The lowest BCUT2D eigenvalue weighted by atomic mass is 9.83. The van der Waals surface area contributed by atoms with Crippen molar-refractivity contribution in [3.8, 4) is 0 Å². The number of nitrogens with one attached hydrogen (secondary N) is 2. The van der Waals surface area contributed by atoms with E-state index in [1.54, 1.807) is 4.90 Å². The lowest BCUT2D eigenvalue weighted by Gasteiger charge is -2.32. The number of rotatable bonds is 4. The normalized spacial score (nSPS) is 18.8. The molecule has 2 aliphatic rings. The predicted molar refractivity (Wildman–Crippen MR) is 86.9 cm³/mol. The first kappa shape index (κ1) is 17.3. The minimum absolute atomic E-state index is 0.0708. The van der Waals surface area contributed by atoms with E-state index < -0.39 is 0 Å². The molecule has 2 aliphatic heterocycles. The van der Waals surface area contributed by atoms with Gasteiger partial charge in [-0.2, -0.15) is 0 Å². The van der Waals surface area contributed by atoms with E-state index in [9.17, 15) is 14.4 Å². The van der Waals surface area contributed by atoms with Gasteiger partial charge in [-0.25, -0.2) is 9.59 Å². The molecule has 0 unspecified atom stereocenters. The molecule has 0 radical (unpaired) electrons. The van der Waals surface area contributed by atoms with Crippen molar-refractivity contribution in [3.63, 3.8) is 0 Å². The molecule has 0 atom stereocenters. The first-order chi connectivity index (χ1) is 10.8. The first-order valence-corrected chi connectivity index (χ1v) is 8.09. The molecule has 7 nitrogen and oxygen atoms in total. The highest BCUT2D eigenvalue weighted by molar-refractivity contribution is 6.01. The van der Waals surface area contributed by atoms with Crippen LogP contribution in [0.3, 0.4) is 0 Å². The number of amides is 5. The van der Waals surface area contributed by atoms with Crippen molar-refractivity contribution in [1.29, 1.82) is 0 Å². The average molecular weight is 322 g/mol. The van der Waals surface area contributed by atoms with Gasteiger partial charge in [-0.05, 0) is 18.3 Å². The Labute approximate surface area is 137 Å². The number of imide groups is 1. The van der Waals surface area contributed by atoms with Crippen molar-refractivity contribution in [2.75, 3.05) is 32.7 Å². The Morgan fingerprint density at radius 2 is 2.09 bits per heavy atom. The SMILES string of the molecule is CC(C)(C)C1=CCN(C(=O)NCCCN2C(=O)CNC2=O)CC1. The fourth-order valence-corrected chi connectivity index (χ4v) is 2.76. The van der Waals surface area contributed by atoms with Crippen LogP contribution in [0.2, 0.25) is 0 Å². The van der Waals surface area contributed by atoms with E-state index in [-0.39, 0.29) is 29.9 Å². The molecule has 2 heterocycles. The van der Waals surface area contributed by atoms with E-state index in [1.165, 1.54) is 10.5 Å². The molecular weight excluding hydrogens is 296 g/mol. The summed E-state index contributed by atoms with van der Waals surface area (Å²) in [7, 11) is 0. The van der Waals surface area contributed by atoms with Gasteiger partial charge in [0, 0.05) is 26.2 Å². The smallest absolute Gasteiger partial charge is 0.324 e. The second-order valence-electron chi connectivity index (χ2n) is 6.96. The summed E-state index contributed by atoms with van der Waals surface area (Å²) in [6, 6.07) is -0.441. The Bertz CT molecular complexity index is 506. The molecule has 0 aliphatic carbocycles. The third-order valence-corrected chi connectivity index (χ3v) is 4.23. The van der Waals surface area contributed by atoms with Crippen LogP contribution in [-0.4, -0.2) is 60.5 Å². The molecule has 5 amide bonds. The largest absolute Gasteiger partial charge is 0.338 e. The summed E-state index contributed by atoms with van der Waals surface area (Å²) in [5.41, 5.74) is 1.55. The maximum absolute atomic E-state index is 12.1. The minimum atomic E-state index is -0.350. The molecule has 1 saturated heterocycles. The Morgan fingerprint density at radius 3 is 2.61 bits per heavy atom. The van der Waals surface area contributed by atoms with E-state index in [0.717, 1.165) is 13.0 Å². The zero-order valence-corrected chi connectivity index (χ0v) is 14.1. The van der Waals surface area contributed by atoms with Crippen molar-refractivity contribution in [2.24, 2.45) is 5.41 Å². The van der Waals surface area contributed by atoms with Crippen molar-refractivity contribution in [2.45, 2.75) is 33.6 Å². The molecule has 0 aromatic rings. The highest BCUT2D eigenvalue weighted by Crippen LogP contribution is 2.29. The van der Waals surface area contributed by atoms with E-state index in [1.807, 2.05) is 0 Å². The number of urea groups is 2. The Morgan fingerprint density at radius 1 is 1.35 bits per heavy atom. The third kappa shape index (κ3) is 4.46. The molecule has 0 aromatic carbocycles. The molecule has 1 fully saturated rings. The maximum Gasteiger partial charge on any atom is 0.324 e. The van der Waals surface area contributed by atoms with E-state index in [0.29, 0.717) is 26.1 Å². The maximum atomic E-state index is 12.1. The van der Waals surface area contributed by atoms with Crippen LogP contribution in [0.25, 0.3) is 0 Å². The van der Waals surface area contributed by atoms with Crippen molar-refractivity contribution >= 4 is 18.0 Å². The van der Waals surface area contributed by atoms with Gasteiger partial charge in [-0.1, -0.05) is 32.4 Å². The van der Waals surface area contributed by atoms with Crippen LogP contribution >= 0.6 is 0 Å². The van der Waals surface area contributed by atoms with Crippen LogP contribution in [0.15, 0.2) is 11.6 Å². The van der Waals surface area contributed by atoms with Crippen LogP contribution in [0.4, 0.5) is 9.59 Å². The summed E-state index contributed by atoms with van der Waals surface area (Å²) in [4.78, 5) is 37.8. The van der Waals surface area contributed by atoms with Gasteiger partial charge in [0.15, 0.2) is 0 Å². The van der Waals surface area contributed by atoms with Crippen LogP contribution in [-0.2, 0) is 4.79 Å². The van der Waals surface area contributed by atoms with Crippen molar-refractivity contribution in [1.82, 2.24) is 20.4 Å². The van der Waals surface area contributed by atoms with Crippen LogP contribution in [0.5, 0.6) is 0 Å². The average Bonchev–Trinajstić information content (AvgIpc) is 2.82. The van der Waals surface area contributed by atoms with Gasteiger partial charge in [-0.15, -0.1) is 0 Å². The quantitative estimate of drug-likeness (QED) is 0.465. The highest BCUT2D eigenvalue weighted by Gasteiger charge is 2.27. The summed E-state index contributed by atoms with van der Waals surface area (Å²) in [5.74, 6) is -0.211. The summed E-state index contributed by atoms with van der Waals surface area (Å²) >= 11 is 0. The number of nitrogens with zero attached hydrogens (tertiary/aromatic N) is 2. The summed E-state index contributed by atoms with van der Waals surface area (Å²) in [6.07, 6.45) is 3.59. The lowest BCUT2D eigenvalue weighted by molar-refractivity contribution is -0.125. The monoisotopic (exact) mass is 322 g/mol. The van der Waals surface area contributed by atoms with Gasteiger partial charge >= 0.3 is 12.1 Å². The number of carbonyl (C=O) groups is 3. The molecule has 2 rings (SSSR count). The number of hydrogen-bond acceptors (Lipinski definition) is 3. The van der Waals surface area contributed by atoms with Gasteiger partial charge < -0.3 is 15.5 Å². The topological polar surface area (TPSA) is 81.8 Å². The molecule has 128 valence electrons. The van der Waals surface area contributed by atoms with E-state index in [2.05, 4.69) is 37.5 Å². The van der Waals surface area contributed by atoms with Gasteiger partial charge in [0.25, 0.3) is 0 Å². The lowest BCUT2D eigenvalue weighted by Crippen LogP contribution is -2.44. The summed E-state index contributed by atoms with van der Waals surface area (Å²) in [5, 5.41) is 5.32. The molecular formula is C16H26N4O3. The second kappa shape index (κ2) is 7.02. The van der Waals surface area contributed by atoms with Crippen LogP contribution in [0, 0.1) is 5.41 Å². The van der Waals surface area contributed by atoms with Crippen LogP contribution in [0.1, 0.15) is 33.6 Å². The van der Waals surface area contributed by atoms with Gasteiger partial charge in [0.2, 0.25) is 5.91 Å². The standard InChI is InChI=1S/C16H26N4O3/c1-16(2,3)12-5-9-19(10-6-12)14(22)17-7-4-8-20-13(21)11-18-15(20)23/h5H,4,6-11H2,1-3H3,(H,17,22)(H,18,23). The van der Waals surface area contributed by atoms with Crippen molar-refractivity contribution < 1.29 is 14.4 Å². The van der Waals surface area contributed by atoms with E-state index in [4.69, 9.17) is 0 Å². The fraction of sp³-hybridized carbons (Fsp3) is 0.688. The molecule has 0 bridgehead atoms. The zero-order chi connectivity index (χ0) is 17.0. The first-order valence-electron chi connectivity index (χ1n) is 8.09. The van der Waals surface area contributed by atoms with Crippen LogP contribution < -0.4 is 10.6 Å². The number of carbonyl (C=O) groups excluding carboxylic acids is 3. The Kier molecular flexibility index (Phi) is 5.28.